The summed E-state index contributed by atoms with van der Waals surface area (Å²) < 4.78 is 0. The Kier molecular flexibility index (Phi) is 5.66. The second-order valence-corrected chi connectivity index (χ2v) is 7.91. The fourth-order valence-electron chi connectivity index (χ4n) is 1.01. The van der Waals surface area contributed by atoms with E-state index in [1.54, 1.807) is 0 Å². The summed E-state index contributed by atoms with van der Waals surface area (Å²) in [4.78, 5) is 11.6. The Labute approximate surface area is 84.0 Å². The molecule has 0 saturated heterocycles. The van der Waals surface area contributed by atoms with Gasteiger partial charge in [-0.05, 0) is 10.3 Å². The molecule has 3 heteroatoms. The number of rotatable bonds is 0. The fraction of sp³-hybridized carbons (Fsp3) is 1.00. The Morgan fingerprint density at radius 1 is 0.818 bits per heavy atom. The summed E-state index contributed by atoms with van der Waals surface area (Å²) in [6, 6.07) is 0. The van der Waals surface area contributed by atoms with Gasteiger partial charge in [0.2, 0.25) is 0 Å². The van der Waals surface area contributed by atoms with Crippen molar-refractivity contribution in [1.29, 1.82) is 0 Å². The predicted molar refractivity (Wildman–Crippen MR) is 46.4 cm³/mol. The zero-order valence-electron chi connectivity index (χ0n) is 8.86. The molecule has 0 N–H and O–H groups in total. The minimum Gasteiger partial charge on any atom is -0.829 e. The van der Waals surface area contributed by atoms with Crippen LogP contribution < -0.4 is 23.8 Å². The van der Waals surface area contributed by atoms with Crippen LogP contribution in [-0.2, 0) is 0 Å². The molecule has 0 aromatic rings. The van der Waals surface area contributed by atoms with Gasteiger partial charge < -0.3 is 4.89 Å². The summed E-state index contributed by atoms with van der Waals surface area (Å²) >= 11 is 0. The van der Waals surface area contributed by atoms with Gasteiger partial charge in [-0.2, -0.15) is 8.15 Å². The molecular weight excluding hydrogens is 150 g/mol. The van der Waals surface area contributed by atoms with E-state index in [9.17, 15) is 4.89 Å². The average Bonchev–Trinajstić information content (AvgIpc) is 1.59. The molecule has 0 amide bonds. The van der Waals surface area contributed by atoms with Crippen LogP contribution in [0.5, 0.6) is 0 Å². The molecule has 0 radical (unpaired) electrons. The molecule has 0 atom stereocenters. The van der Waals surface area contributed by atoms with Gasteiger partial charge in [-0.15, -0.1) is 0 Å². The third kappa shape index (κ3) is 5.26. The van der Waals surface area contributed by atoms with Crippen LogP contribution in [0.3, 0.4) is 0 Å². The van der Waals surface area contributed by atoms with Crippen LogP contribution in [0.15, 0.2) is 0 Å². The van der Waals surface area contributed by atoms with Crippen LogP contribution in [0.25, 0.3) is 0 Å². The van der Waals surface area contributed by atoms with Crippen LogP contribution in [-0.4, -0.2) is 10.3 Å². The Morgan fingerprint density at radius 3 is 1.00 bits per heavy atom. The molecule has 0 saturated carbocycles. The maximum Gasteiger partial charge on any atom is 1.00 e. The molecule has 0 rings (SSSR count). The standard InChI is InChI=1S/C8H18OP.Li/c1-7(2,3)10(9)8(4,5)6;/h1-6H3;/q-1;+1. The van der Waals surface area contributed by atoms with Gasteiger partial charge in [0, 0.05) is 0 Å². The molecule has 0 aliphatic heterocycles. The van der Waals surface area contributed by atoms with Gasteiger partial charge in [-0.1, -0.05) is 41.5 Å². The van der Waals surface area contributed by atoms with E-state index in [1.807, 2.05) is 41.5 Å². The van der Waals surface area contributed by atoms with Crippen molar-refractivity contribution in [2.24, 2.45) is 0 Å². The third-order valence-corrected chi connectivity index (χ3v) is 3.66. The molecule has 0 aromatic carbocycles. The maximum atomic E-state index is 11.6. The van der Waals surface area contributed by atoms with E-state index in [1.165, 1.54) is 0 Å². The molecule has 0 spiro atoms. The minimum absolute atomic E-state index is 0. The summed E-state index contributed by atoms with van der Waals surface area (Å²) in [5.41, 5.74) is 0. The van der Waals surface area contributed by atoms with E-state index < -0.39 is 8.15 Å². The molecule has 0 aliphatic carbocycles. The quantitative estimate of drug-likeness (QED) is 0.348. The first-order chi connectivity index (χ1) is 4.15. The van der Waals surface area contributed by atoms with E-state index in [2.05, 4.69) is 0 Å². The molecule has 1 nitrogen and oxygen atoms in total. The zero-order chi connectivity index (χ0) is 8.58. The van der Waals surface area contributed by atoms with Crippen LogP contribution in [0, 0.1) is 0 Å². The maximum absolute atomic E-state index is 11.6. The zero-order valence-corrected chi connectivity index (χ0v) is 9.75. The van der Waals surface area contributed by atoms with Gasteiger partial charge in [0.1, 0.15) is 0 Å². The SMILES string of the molecule is CC(C)(C)P([O-])C(C)(C)C.[Li+]. The van der Waals surface area contributed by atoms with Crippen LogP contribution in [0.4, 0.5) is 0 Å². The first kappa shape index (κ1) is 14.5. The summed E-state index contributed by atoms with van der Waals surface area (Å²) in [5, 5.41) is -0.0961. The predicted octanol–water partition coefficient (Wildman–Crippen LogP) is -0.655. The first-order valence-electron chi connectivity index (χ1n) is 3.63. The van der Waals surface area contributed by atoms with Crippen molar-refractivity contribution in [2.45, 2.75) is 51.9 Å². The van der Waals surface area contributed by atoms with Crippen LogP contribution >= 0.6 is 8.15 Å². The van der Waals surface area contributed by atoms with Crippen molar-refractivity contribution in [3.05, 3.63) is 0 Å². The van der Waals surface area contributed by atoms with Crippen molar-refractivity contribution in [1.82, 2.24) is 0 Å². The molecule has 0 aromatic heterocycles. The first-order valence-corrected chi connectivity index (χ1v) is 4.89. The number of hydrogen-bond acceptors (Lipinski definition) is 1. The minimum atomic E-state index is -1.11. The smallest absolute Gasteiger partial charge is 0.829 e. The van der Waals surface area contributed by atoms with Crippen molar-refractivity contribution in [3.63, 3.8) is 0 Å². The van der Waals surface area contributed by atoms with Gasteiger partial charge in [0.15, 0.2) is 0 Å². The summed E-state index contributed by atoms with van der Waals surface area (Å²) in [7, 11) is -1.11. The van der Waals surface area contributed by atoms with Gasteiger partial charge in [-0.25, -0.2) is 0 Å². The normalized spacial score (nSPS) is 13.1. The van der Waals surface area contributed by atoms with Gasteiger partial charge in [0.05, 0.1) is 0 Å². The molecule has 0 fully saturated rings. The largest absolute Gasteiger partial charge is 1.00 e. The molecule has 0 bridgehead atoms. The Morgan fingerprint density at radius 2 is 1.00 bits per heavy atom. The molecule has 0 unspecified atom stereocenters. The van der Waals surface area contributed by atoms with Crippen molar-refractivity contribution in [3.8, 4) is 0 Å². The van der Waals surface area contributed by atoms with Gasteiger partial charge in [0.25, 0.3) is 0 Å². The average molecular weight is 168 g/mol. The van der Waals surface area contributed by atoms with E-state index in [0.717, 1.165) is 0 Å². The molecular formula is C8H18LiOP. The van der Waals surface area contributed by atoms with E-state index in [0.29, 0.717) is 0 Å². The molecule has 0 heterocycles. The fourth-order valence-corrected chi connectivity index (χ4v) is 3.02. The molecule has 62 valence electrons. The summed E-state index contributed by atoms with van der Waals surface area (Å²) in [5.74, 6) is 0. The number of hydrogen-bond donors (Lipinski definition) is 0. The van der Waals surface area contributed by atoms with Gasteiger partial charge in [-0.3, -0.25) is 0 Å². The topological polar surface area (TPSA) is 23.1 Å². The second kappa shape index (κ2) is 4.29. The molecule has 11 heavy (non-hydrogen) atoms. The van der Waals surface area contributed by atoms with E-state index in [4.69, 9.17) is 0 Å². The Hall–Kier alpha value is 0.987. The van der Waals surface area contributed by atoms with Crippen LogP contribution in [0.1, 0.15) is 41.5 Å². The van der Waals surface area contributed by atoms with Gasteiger partial charge >= 0.3 is 18.9 Å². The second-order valence-electron chi connectivity index (χ2n) is 4.64. The molecule has 0 aliphatic rings. The third-order valence-electron chi connectivity index (χ3n) is 1.22. The van der Waals surface area contributed by atoms with Crippen molar-refractivity contribution < 1.29 is 23.8 Å². The van der Waals surface area contributed by atoms with Crippen molar-refractivity contribution >= 4 is 8.15 Å². The summed E-state index contributed by atoms with van der Waals surface area (Å²) in [6.07, 6.45) is 0. The van der Waals surface area contributed by atoms with Crippen molar-refractivity contribution in [2.75, 3.05) is 0 Å². The monoisotopic (exact) mass is 168 g/mol. The Balaban J connectivity index is 0. The van der Waals surface area contributed by atoms with E-state index in [-0.39, 0.29) is 29.2 Å². The van der Waals surface area contributed by atoms with Crippen LogP contribution in [0.2, 0.25) is 0 Å². The summed E-state index contributed by atoms with van der Waals surface area (Å²) in [6.45, 7) is 12.1. The Bertz CT molecular complexity index is 98.2. The van der Waals surface area contributed by atoms with E-state index >= 15 is 0 Å².